The van der Waals surface area contributed by atoms with Crippen molar-refractivity contribution in [2.24, 2.45) is 0 Å². The first-order valence-electron chi connectivity index (χ1n) is 5.68. The number of ether oxygens (including phenoxy) is 1. The fourth-order valence-electron chi connectivity index (χ4n) is 1.64. The van der Waals surface area contributed by atoms with E-state index in [1.807, 2.05) is 0 Å². The summed E-state index contributed by atoms with van der Waals surface area (Å²) in [6, 6.07) is 3.83. The monoisotopic (exact) mass is 364 g/mol. The Morgan fingerprint density at radius 1 is 1.55 bits per heavy atom. The summed E-state index contributed by atoms with van der Waals surface area (Å²) in [6.07, 6.45) is 0. The largest absolute Gasteiger partial charge is 0.383 e. The maximum Gasteiger partial charge on any atom is 0.271 e. The Kier molecular flexibility index (Phi) is 6.38. The molecule has 20 heavy (non-hydrogen) atoms. The SMILES string of the molecule is COCC(Br)CN(C)C(=O)c1cc(Cl)cc([N+](=O)[O-])c1. The van der Waals surface area contributed by atoms with E-state index in [0.717, 1.165) is 0 Å². The molecular formula is C12H14BrClN2O4. The predicted molar refractivity (Wildman–Crippen MR) is 79.7 cm³/mol. The lowest BCUT2D eigenvalue weighted by Gasteiger charge is -2.20. The Morgan fingerprint density at radius 2 is 2.20 bits per heavy atom. The number of hydrogen-bond acceptors (Lipinski definition) is 4. The summed E-state index contributed by atoms with van der Waals surface area (Å²) < 4.78 is 4.96. The number of benzene rings is 1. The Hall–Kier alpha value is -1.18. The fourth-order valence-corrected chi connectivity index (χ4v) is 2.57. The highest BCUT2D eigenvalue weighted by Gasteiger charge is 2.19. The third kappa shape index (κ3) is 4.73. The average Bonchev–Trinajstić information content (AvgIpc) is 2.37. The first-order valence-corrected chi connectivity index (χ1v) is 6.98. The molecule has 0 aliphatic heterocycles. The van der Waals surface area contributed by atoms with Crippen molar-refractivity contribution in [2.75, 3.05) is 27.3 Å². The molecular weight excluding hydrogens is 351 g/mol. The van der Waals surface area contributed by atoms with Crippen molar-refractivity contribution in [2.45, 2.75) is 4.83 Å². The molecule has 6 nitrogen and oxygen atoms in total. The number of nitrogens with zero attached hydrogens (tertiary/aromatic N) is 2. The zero-order chi connectivity index (χ0) is 15.3. The van der Waals surface area contributed by atoms with Crippen LogP contribution in [0.4, 0.5) is 5.69 Å². The van der Waals surface area contributed by atoms with Crippen molar-refractivity contribution in [3.05, 3.63) is 38.9 Å². The first kappa shape index (κ1) is 16.9. The molecule has 1 atom stereocenters. The lowest BCUT2D eigenvalue weighted by Crippen LogP contribution is -2.33. The van der Waals surface area contributed by atoms with Crippen LogP contribution in [0.5, 0.6) is 0 Å². The highest BCUT2D eigenvalue weighted by Crippen LogP contribution is 2.22. The van der Waals surface area contributed by atoms with Crippen molar-refractivity contribution in [3.63, 3.8) is 0 Å². The minimum atomic E-state index is -0.582. The van der Waals surface area contributed by atoms with Crippen LogP contribution in [0.15, 0.2) is 18.2 Å². The molecule has 1 aromatic carbocycles. The Labute approximate surface area is 129 Å². The molecule has 0 fully saturated rings. The van der Waals surface area contributed by atoms with Gasteiger partial charge in [-0.3, -0.25) is 14.9 Å². The smallest absolute Gasteiger partial charge is 0.271 e. The minimum absolute atomic E-state index is 0.0179. The summed E-state index contributed by atoms with van der Waals surface area (Å²) in [4.78, 5) is 23.8. The van der Waals surface area contributed by atoms with Crippen LogP contribution >= 0.6 is 27.5 Å². The molecule has 1 unspecified atom stereocenters. The van der Waals surface area contributed by atoms with Gasteiger partial charge in [0, 0.05) is 43.4 Å². The van der Waals surface area contributed by atoms with E-state index in [2.05, 4.69) is 15.9 Å². The molecule has 8 heteroatoms. The van der Waals surface area contributed by atoms with Crippen LogP contribution in [0.2, 0.25) is 5.02 Å². The van der Waals surface area contributed by atoms with E-state index in [9.17, 15) is 14.9 Å². The van der Waals surface area contributed by atoms with Gasteiger partial charge in [0.1, 0.15) is 0 Å². The molecule has 0 saturated carbocycles. The molecule has 1 aromatic rings. The summed E-state index contributed by atoms with van der Waals surface area (Å²) in [6.45, 7) is 0.861. The number of non-ortho nitro benzene ring substituents is 1. The molecule has 0 saturated heterocycles. The van der Waals surface area contributed by atoms with Gasteiger partial charge in [-0.15, -0.1) is 0 Å². The van der Waals surface area contributed by atoms with E-state index in [1.165, 1.54) is 23.1 Å². The molecule has 0 aliphatic rings. The number of methoxy groups -OCH3 is 1. The summed E-state index contributed by atoms with van der Waals surface area (Å²) in [7, 11) is 3.18. The number of carbonyl (C=O) groups is 1. The van der Waals surface area contributed by atoms with Crippen molar-refractivity contribution in [1.82, 2.24) is 4.90 Å². The number of halogens is 2. The van der Waals surface area contributed by atoms with Gasteiger partial charge in [0.2, 0.25) is 0 Å². The number of hydrogen-bond donors (Lipinski definition) is 0. The molecule has 0 bridgehead atoms. The van der Waals surface area contributed by atoms with Crippen LogP contribution in [0.25, 0.3) is 0 Å². The van der Waals surface area contributed by atoms with Gasteiger partial charge in [0.25, 0.3) is 11.6 Å². The predicted octanol–water partition coefficient (Wildman–Crippen LogP) is 2.73. The maximum absolute atomic E-state index is 12.2. The number of alkyl halides is 1. The molecule has 1 rings (SSSR count). The normalized spacial score (nSPS) is 12.0. The summed E-state index contributed by atoms with van der Waals surface area (Å²) in [5, 5.41) is 10.9. The molecule has 0 heterocycles. The third-order valence-electron chi connectivity index (χ3n) is 2.51. The average molecular weight is 366 g/mol. The van der Waals surface area contributed by atoms with Gasteiger partial charge in [-0.25, -0.2) is 0 Å². The number of carbonyl (C=O) groups excluding carboxylic acids is 1. The van der Waals surface area contributed by atoms with E-state index in [0.29, 0.717) is 13.2 Å². The minimum Gasteiger partial charge on any atom is -0.383 e. The van der Waals surface area contributed by atoms with E-state index >= 15 is 0 Å². The van der Waals surface area contributed by atoms with Crippen LogP contribution in [0.3, 0.4) is 0 Å². The molecule has 1 amide bonds. The van der Waals surface area contributed by atoms with Crippen molar-refractivity contribution in [3.8, 4) is 0 Å². The van der Waals surface area contributed by atoms with E-state index < -0.39 is 4.92 Å². The molecule has 0 aromatic heterocycles. The van der Waals surface area contributed by atoms with Crippen LogP contribution in [-0.4, -0.2) is 47.9 Å². The second-order valence-electron chi connectivity index (χ2n) is 4.19. The zero-order valence-electron chi connectivity index (χ0n) is 11.0. The summed E-state index contributed by atoms with van der Waals surface area (Å²) >= 11 is 9.17. The fraction of sp³-hybridized carbons (Fsp3) is 0.417. The Balaban J connectivity index is 2.88. The highest BCUT2D eigenvalue weighted by molar-refractivity contribution is 9.09. The number of nitro groups is 1. The second-order valence-corrected chi connectivity index (χ2v) is 5.92. The molecule has 0 radical (unpaired) electrons. The van der Waals surface area contributed by atoms with Gasteiger partial charge >= 0.3 is 0 Å². The Bertz CT molecular complexity index is 512. The van der Waals surface area contributed by atoms with E-state index in [-0.39, 0.29) is 27.0 Å². The van der Waals surface area contributed by atoms with Gasteiger partial charge in [-0.05, 0) is 6.07 Å². The highest BCUT2D eigenvalue weighted by atomic mass is 79.9. The maximum atomic E-state index is 12.2. The van der Waals surface area contributed by atoms with Crippen molar-refractivity contribution < 1.29 is 14.5 Å². The van der Waals surface area contributed by atoms with Gasteiger partial charge in [-0.2, -0.15) is 0 Å². The quantitative estimate of drug-likeness (QED) is 0.441. The molecule has 0 spiro atoms. The zero-order valence-corrected chi connectivity index (χ0v) is 13.3. The Morgan fingerprint density at radius 3 is 2.75 bits per heavy atom. The molecule has 0 N–H and O–H groups in total. The molecule has 110 valence electrons. The van der Waals surface area contributed by atoms with E-state index in [4.69, 9.17) is 16.3 Å². The van der Waals surface area contributed by atoms with Gasteiger partial charge < -0.3 is 9.64 Å². The first-order chi connectivity index (χ1) is 9.35. The lowest BCUT2D eigenvalue weighted by molar-refractivity contribution is -0.384. The number of nitro benzene ring substituents is 1. The topological polar surface area (TPSA) is 72.7 Å². The lowest BCUT2D eigenvalue weighted by atomic mass is 10.1. The van der Waals surface area contributed by atoms with E-state index in [1.54, 1.807) is 14.2 Å². The van der Waals surface area contributed by atoms with Crippen LogP contribution in [0, 0.1) is 10.1 Å². The number of amides is 1. The van der Waals surface area contributed by atoms with Gasteiger partial charge in [0.05, 0.1) is 16.4 Å². The second kappa shape index (κ2) is 7.56. The van der Waals surface area contributed by atoms with Crippen LogP contribution in [0.1, 0.15) is 10.4 Å². The van der Waals surface area contributed by atoms with Crippen LogP contribution < -0.4 is 0 Å². The standard InChI is InChI=1S/C12H14BrClN2O4/c1-15(6-9(13)7-20-2)12(17)8-3-10(14)5-11(4-8)16(18)19/h3-5,9H,6-7H2,1-2H3. The van der Waals surface area contributed by atoms with Crippen molar-refractivity contribution >= 4 is 39.1 Å². The van der Waals surface area contributed by atoms with Gasteiger partial charge in [0.15, 0.2) is 0 Å². The van der Waals surface area contributed by atoms with Crippen molar-refractivity contribution in [1.29, 1.82) is 0 Å². The number of rotatable bonds is 6. The summed E-state index contributed by atoms with van der Waals surface area (Å²) in [5.74, 6) is -0.337. The third-order valence-corrected chi connectivity index (χ3v) is 3.28. The molecule has 0 aliphatic carbocycles. The van der Waals surface area contributed by atoms with Gasteiger partial charge in [-0.1, -0.05) is 27.5 Å². The summed E-state index contributed by atoms with van der Waals surface area (Å²) in [5.41, 5.74) is -0.0228. The van der Waals surface area contributed by atoms with Crippen LogP contribution in [-0.2, 0) is 4.74 Å².